The number of aliphatic hydroxyl groups is 2. The summed E-state index contributed by atoms with van der Waals surface area (Å²) in [5.74, 6) is 2.52. The van der Waals surface area contributed by atoms with Gasteiger partial charge in [0.2, 0.25) is 0 Å². The molecule has 1 saturated heterocycles. The summed E-state index contributed by atoms with van der Waals surface area (Å²) in [6, 6.07) is 0. The Labute approximate surface area is 197 Å². The van der Waals surface area contributed by atoms with Gasteiger partial charge < -0.3 is 33.8 Å². The van der Waals surface area contributed by atoms with E-state index in [1.807, 2.05) is 0 Å². The fraction of sp³-hybridized carbons (Fsp3) is 0.417. The molecule has 0 radical (unpaired) electrons. The number of imidazole rings is 1. The van der Waals surface area contributed by atoms with E-state index in [9.17, 15) is 24.6 Å². The van der Waals surface area contributed by atoms with Crippen LogP contribution in [-0.2, 0) is 13.8 Å². The van der Waals surface area contributed by atoms with Crippen molar-refractivity contribution >= 4 is 30.7 Å². The average Bonchev–Trinajstić information content (AvgIpc) is 3.09. The molecule has 2 aromatic heterocycles. The minimum Gasteiger partial charge on any atom is -0.790 e. The molecule has 0 saturated carbocycles. The van der Waals surface area contributed by atoms with Crippen LogP contribution in [0.2, 0.25) is 0 Å². The first-order valence-electron chi connectivity index (χ1n) is 6.90. The zero-order chi connectivity index (χ0) is 18.2. The van der Waals surface area contributed by atoms with Crippen LogP contribution in [0.1, 0.15) is 6.23 Å². The van der Waals surface area contributed by atoms with Gasteiger partial charge in [-0.2, -0.15) is 4.99 Å². The van der Waals surface area contributed by atoms with Crippen molar-refractivity contribution in [3.8, 4) is 0 Å². The van der Waals surface area contributed by atoms with Crippen LogP contribution in [0.4, 0.5) is 5.82 Å². The van der Waals surface area contributed by atoms with Gasteiger partial charge in [0.1, 0.15) is 24.6 Å². The van der Waals surface area contributed by atoms with Gasteiger partial charge in [-0.15, -0.1) is 0 Å². The number of rotatable bonds is 5. The third kappa shape index (κ3) is 5.53. The van der Waals surface area contributed by atoms with Gasteiger partial charge in [0, 0.05) is 0 Å². The van der Waals surface area contributed by atoms with Crippen molar-refractivity contribution < 1.29 is 92.9 Å². The Morgan fingerprint density at radius 3 is 2.67 bits per heavy atom. The number of fused-ring (bicyclic) bond motifs is 1. The normalized spacial score (nSPS) is 24.7. The maximum absolute atomic E-state index is 10.6. The summed E-state index contributed by atoms with van der Waals surface area (Å²) in [6.45, 7) is 2.62. The third-order valence-corrected chi connectivity index (χ3v) is 4.00. The molecule has 15 heteroatoms. The van der Waals surface area contributed by atoms with Crippen molar-refractivity contribution in [3.05, 3.63) is 19.2 Å². The number of ether oxygens (including phenoxy) is 1. The quantitative estimate of drug-likeness (QED) is 0.271. The molecule has 2 aromatic rings. The number of aromatic nitrogens is 4. The number of hydrogen-bond acceptors (Lipinski definition) is 11. The van der Waals surface area contributed by atoms with Crippen LogP contribution in [0.3, 0.4) is 0 Å². The topological polar surface area (TPSA) is 178 Å². The minimum absolute atomic E-state index is 0. The summed E-state index contributed by atoms with van der Waals surface area (Å²) in [6.07, 6.45) is -2.80. The van der Waals surface area contributed by atoms with Crippen LogP contribution in [0.5, 0.6) is 0 Å². The fourth-order valence-corrected chi connectivity index (χ4v) is 2.77. The van der Waals surface area contributed by atoms with Gasteiger partial charge in [-0.25, -0.2) is 15.0 Å². The van der Waals surface area contributed by atoms with E-state index in [1.54, 1.807) is 0 Å². The Morgan fingerprint density at radius 2 is 2.04 bits per heavy atom. The molecule has 0 unspecified atom stereocenters. The van der Waals surface area contributed by atoms with Crippen molar-refractivity contribution in [1.82, 2.24) is 19.5 Å². The summed E-state index contributed by atoms with van der Waals surface area (Å²) < 4.78 is 21.4. The zero-order valence-electron chi connectivity index (χ0n) is 14.5. The SMILES string of the molecule is C=C=Nc1ncnc2c1ncn2[C@@H]1O[C@H](COP(=O)([O-])[O-])[C@@H](O)[C@H]1O.[Na+].[Na+]. The Bertz CT molecular complexity index is 886. The molecule has 1 aliphatic rings. The number of phosphoric ester groups is 1. The zero-order valence-corrected chi connectivity index (χ0v) is 19.4. The van der Waals surface area contributed by atoms with Gasteiger partial charge in [-0.3, -0.25) is 4.57 Å². The molecule has 1 fully saturated rings. The van der Waals surface area contributed by atoms with Crippen LogP contribution in [-0.4, -0.2) is 60.5 Å². The molecule has 2 N–H and O–H groups in total. The predicted molar refractivity (Wildman–Crippen MR) is 77.5 cm³/mol. The Hall–Kier alpha value is -0.0100. The summed E-state index contributed by atoms with van der Waals surface area (Å²) in [7, 11) is -5.24. The Balaban J connectivity index is 0.00000182. The Kier molecular flexibility index (Phi) is 9.41. The molecular weight excluding hydrogens is 403 g/mol. The molecule has 27 heavy (non-hydrogen) atoms. The van der Waals surface area contributed by atoms with Gasteiger partial charge in [0.05, 0.1) is 20.8 Å². The standard InChI is InChI=1S/C12H14N5O7P.2Na/c1-2-13-10-7-11(15-4-14-10)17(5-16-7)12-9(19)8(18)6(24-12)3-23-25(20,21)22;;/h4-6,8-9,12,18-19H,1,3H2,(H2,20,21,22);;/q;2*+1/p-2/t6-,8-,9-,12-;;/m1../s1. The minimum atomic E-state index is -5.24. The second kappa shape index (κ2) is 10.1. The molecular formula is C12H12N5Na2O7P. The molecule has 3 rings (SSSR count). The maximum atomic E-state index is 10.6. The molecule has 1 aliphatic heterocycles. The van der Waals surface area contributed by atoms with E-state index in [4.69, 9.17) is 4.74 Å². The van der Waals surface area contributed by atoms with Gasteiger partial charge in [-0.05, 0) is 12.4 Å². The number of aliphatic hydroxyl groups excluding tert-OH is 2. The van der Waals surface area contributed by atoms with Crippen LogP contribution in [0, 0.1) is 0 Å². The number of phosphoric acid groups is 1. The molecule has 134 valence electrons. The average molecular weight is 415 g/mol. The predicted octanol–water partition coefficient (Wildman–Crippen LogP) is -8.21. The summed E-state index contributed by atoms with van der Waals surface area (Å²) in [5.41, 5.74) is 0.535. The van der Waals surface area contributed by atoms with E-state index >= 15 is 0 Å². The molecule has 0 bridgehead atoms. The van der Waals surface area contributed by atoms with Crippen LogP contribution in [0.15, 0.2) is 24.2 Å². The van der Waals surface area contributed by atoms with Crippen LogP contribution in [0.25, 0.3) is 11.2 Å². The first kappa shape index (κ1) is 25.0. The van der Waals surface area contributed by atoms with Crippen LogP contribution >= 0.6 is 7.82 Å². The molecule has 0 spiro atoms. The third-order valence-electron chi connectivity index (χ3n) is 3.53. The van der Waals surface area contributed by atoms with Crippen molar-refractivity contribution in [2.75, 3.05) is 6.61 Å². The van der Waals surface area contributed by atoms with Gasteiger partial charge in [0.15, 0.2) is 23.2 Å². The van der Waals surface area contributed by atoms with E-state index in [1.165, 1.54) is 17.2 Å². The molecule has 12 nitrogen and oxygen atoms in total. The second-order valence-corrected chi connectivity index (χ2v) is 6.23. The van der Waals surface area contributed by atoms with Gasteiger partial charge in [0.25, 0.3) is 0 Å². The molecule has 0 aromatic carbocycles. The van der Waals surface area contributed by atoms with E-state index in [-0.39, 0.29) is 76.1 Å². The second-order valence-electron chi connectivity index (χ2n) is 5.08. The molecule has 0 amide bonds. The van der Waals surface area contributed by atoms with E-state index < -0.39 is 39.0 Å². The van der Waals surface area contributed by atoms with Crippen molar-refractivity contribution in [2.24, 2.45) is 4.99 Å². The summed E-state index contributed by atoms with van der Waals surface area (Å²) in [5, 5.41) is 20.1. The van der Waals surface area contributed by atoms with E-state index in [0.717, 1.165) is 0 Å². The summed E-state index contributed by atoms with van der Waals surface area (Å²) in [4.78, 5) is 37.0. The molecule has 3 heterocycles. The molecule has 4 atom stereocenters. The smallest absolute Gasteiger partial charge is 0.790 e. The number of hydrogen-bond donors (Lipinski definition) is 2. The first-order chi connectivity index (χ1) is 11.8. The largest absolute Gasteiger partial charge is 1.00 e. The summed E-state index contributed by atoms with van der Waals surface area (Å²) >= 11 is 0. The fourth-order valence-electron chi connectivity index (χ4n) is 2.44. The van der Waals surface area contributed by atoms with E-state index in [2.05, 4.69) is 36.9 Å². The van der Waals surface area contributed by atoms with Gasteiger partial charge >= 0.3 is 59.1 Å². The van der Waals surface area contributed by atoms with Crippen molar-refractivity contribution in [2.45, 2.75) is 24.5 Å². The van der Waals surface area contributed by atoms with Crippen molar-refractivity contribution in [3.63, 3.8) is 0 Å². The van der Waals surface area contributed by atoms with Crippen molar-refractivity contribution in [1.29, 1.82) is 0 Å². The van der Waals surface area contributed by atoms with Crippen LogP contribution < -0.4 is 68.9 Å². The van der Waals surface area contributed by atoms with E-state index in [0.29, 0.717) is 0 Å². The number of nitrogens with zero attached hydrogens (tertiary/aromatic N) is 5. The van der Waals surface area contributed by atoms with Gasteiger partial charge in [-0.1, -0.05) is 0 Å². The maximum Gasteiger partial charge on any atom is 1.00 e. The Morgan fingerprint density at radius 1 is 1.33 bits per heavy atom. The number of aliphatic imine (C=N–C) groups is 1. The first-order valence-corrected chi connectivity index (χ1v) is 8.36. The molecule has 0 aliphatic carbocycles. The monoisotopic (exact) mass is 415 g/mol.